The predicted octanol–water partition coefficient (Wildman–Crippen LogP) is 5.13. The van der Waals surface area contributed by atoms with E-state index in [4.69, 9.17) is 4.52 Å². The number of amides is 1. The molecule has 0 atom stereocenters. The van der Waals surface area contributed by atoms with Crippen molar-refractivity contribution in [1.82, 2.24) is 14.9 Å². The van der Waals surface area contributed by atoms with Crippen LogP contribution in [0.1, 0.15) is 16.1 Å². The molecule has 2 aromatic heterocycles. The van der Waals surface area contributed by atoms with Crippen molar-refractivity contribution in [2.45, 2.75) is 6.54 Å². The molecular weight excluding hydrogens is 395 g/mol. The maximum atomic E-state index is 13.1. The number of nitrogens with zero attached hydrogens (tertiary/aromatic N) is 3. The summed E-state index contributed by atoms with van der Waals surface area (Å²) < 4.78 is 20.1. The minimum absolute atomic E-state index is 0.207. The standard InChI is InChI=1S/C24H17FN4O2/c25-19-9-6-16(7-10-19)14-29-15-20(13-26-29)27-24(30)23-21-12-18(8-11-22(21)31-28-23)17-4-2-1-3-5-17/h1-13,15H,14H2,(H,27,30). The Morgan fingerprint density at radius 1 is 1.00 bits per heavy atom. The van der Waals surface area contributed by atoms with Gasteiger partial charge < -0.3 is 9.84 Å². The van der Waals surface area contributed by atoms with Crippen molar-refractivity contribution in [3.63, 3.8) is 0 Å². The fraction of sp³-hybridized carbons (Fsp3) is 0.0417. The first-order chi connectivity index (χ1) is 15.2. The second kappa shape index (κ2) is 7.87. The summed E-state index contributed by atoms with van der Waals surface area (Å²) >= 11 is 0. The van der Waals surface area contributed by atoms with E-state index < -0.39 is 0 Å². The average Bonchev–Trinajstić information content (AvgIpc) is 3.42. The van der Waals surface area contributed by atoms with E-state index in [1.807, 2.05) is 48.5 Å². The number of fused-ring (bicyclic) bond motifs is 1. The van der Waals surface area contributed by atoms with Crippen molar-refractivity contribution in [2.24, 2.45) is 0 Å². The molecule has 2 heterocycles. The molecule has 5 rings (SSSR count). The third kappa shape index (κ3) is 3.93. The number of hydrogen-bond donors (Lipinski definition) is 1. The van der Waals surface area contributed by atoms with Crippen LogP contribution in [0.3, 0.4) is 0 Å². The van der Waals surface area contributed by atoms with Gasteiger partial charge in [0.15, 0.2) is 11.3 Å². The van der Waals surface area contributed by atoms with E-state index in [-0.39, 0.29) is 17.4 Å². The van der Waals surface area contributed by atoms with Gasteiger partial charge in [0.05, 0.1) is 23.8 Å². The molecule has 0 aliphatic heterocycles. The third-order valence-corrected chi connectivity index (χ3v) is 4.94. The Hall–Kier alpha value is -4.26. The lowest BCUT2D eigenvalue weighted by Gasteiger charge is -2.03. The Morgan fingerprint density at radius 2 is 1.81 bits per heavy atom. The highest BCUT2D eigenvalue weighted by Gasteiger charge is 2.18. The van der Waals surface area contributed by atoms with Crippen molar-refractivity contribution >= 4 is 22.6 Å². The number of anilines is 1. The number of benzene rings is 3. The van der Waals surface area contributed by atoms with Gasteiger partial charge in [-0.25, -0.2) is 4.39 Å². The lowest BCUT2D eigenvalue weighted by atomic mass is 10.0. The van der Waals surface area contributed by atoms with Gasteiger partial charge in [0.2, 0.25) is 0 Å². The first kappa shape index (κ1) is 18.7. The molecule has 6 nitrogen and oxygen atoms in total. The molecule has 3 aromatic carbocycles. The van der Waals surface area contributed by atoms with Gasteiger partial charge in [0.1, 0.15) is 5.82 Å². The van der Waals surface area contributed by atoms with E-state index in [1.165, 1.54) is 12.1 Å². The molecule has 5 aromatic rings. The van der Waals surface area contributed by atoms with Crippen molar-refractivity contribution < 1.29 is 13.7 Å². The summed E-state index contributed by atoms with van der Waals surface area (Å²) in [7, 11) is 0. The summed E-state index contributed by atoms with van der Waals surface area (Å²) in [5.41, 5.74) is 4.19. The van der Waals surface area contributed by atoms with E-state index in [9.17, 15) is 9.18 Å². The zero-order valence-electron chi connectivity index (χ0n) is 16.3. The van der Waals surface area contributed by atoms with Gasteiger partial charge in [-0.3, -0.25) is 9.48 Å². The maximum absolute atomic E-state index is 13.1. The first-order valence-electron chi connectivity index (χ1n) is 9.69. The van der Waals surface area contributed by atoms with Crippen LogP contribution in [0.4, 0.5) is 10.1 Å². The molecule has 0 spiro atoms. The van der Waals surface area contributed by atoms with Crippen molar-refractivity contribution in [1.29, 1.82) is 0 Å². The number of rotatable bonds is 5. The van der Waals surface area contributed by atoms with Crippen LogP contribution >= 0.6 is 0 Å². The minimum Gasteiger partial charge on any atom is -0.355 e. The SMILES string of the molecule is O=C(Nc1cnn(Cc2ccc(F)cc2)c1)c1noc2ccc(-c3ccccc3)cc12. The lowest BCUT2D eigenvalue weighted by molar-refractivity contribution is 0.102. The Balaban J connectivity index is 1.36. The average molecular weight is 412 g/mol. The van der Waals surface area contributed by atoms with Crippen molar-refractivity contribution in [3.05, 3.63) is 102 Å². The molecule has 0 unspecified atom stereocenters. The largest absolute Gasteiger partial charge is 0.355 e. The predicted molar refractivity (Wildman–Crippen MR) is 115 cm³/mol. The van der Waals surface area contributed by atoms with Gasteiger partial charge in [-0.1, -0.05) is 53.7 Å². The van der Waals surface area contributed by atoms with Crippen LogP contribution in [0.5, 0.6) is 0 Å². The van der Waals surface area contributed by atoms with Gasteiger partial charge in [-0.2, -0.15) is 5.10 Å². The van der Waals surface area contributed by atoms with Crippen LogP contribution < -0.4 is 5.32 Å². The maximum Gasteiger partial charge on any atom is 0.278 e. The highest BCUT2D eigenvalue weighted by atomic mass is 19.1. The molecular formula is C24H17FN4O2. The van der Waals surface area contributed by atoms with Crippen LogP contribution in [-0.2, 0) is 6.54 Å². The molecule has 7 heteroatoms. The normalized spacial score (nSPS) is 11.0. The number of halogens is 1. The highest BCUT2D eigenvalue weighted by Crippen LogP contribution is 2.27. The van der Waals surface area contributed by atoms with E-state index in [0.717, 1.165) is 16.7 Å². The van der Waals surface area contributed by atoms with Crippen LogP contribution in [-0.4, -0.2) is 20.8 Å². The molecule has 1 N–H and O–H groups in total. The zero-order chi connectivity index (χ0) is 21.2. The second-order valence-electron chi connectivity index (χ2n) is 7.12. The minimum atomic E-state index is -0.384. The first-order valence-corrected chi connectivity index (χ1v) is 9.69. The number of carbonyl (C=O) groups excluding carboxylic acids is 1. The van der Waals surface area contributed by atoms with E-state index in [2.05, 4.69) is 15.6 Å². The second-order valence-corrected chi connectivity index (χ2v) is 7.12. The molecule has 31 heavy (non-hydrogen) atoms. The van der Waals surface area contributed by atoms with Crippen LogP contribution in [0.15, 0.2) is 89.7 Å². The molecule has 0 bridgehead atoms. The summed E-state index contributed by atoms with van der Waals surface area (Å²) in [5, 5.41) is 11.7. The molecule has 0 aliphatic carbocycles. The number of carbonyl (C=O) groups is 1. The van der Waals surface area contributed by atoms with Crippen LogP contribution in [0.2, 0.25) is 0 Å². The summed E-state index contributed by atoms with van der Waals surface area (Å²) in [4.78, 5) is 12.8. The lowest BCUT2D eigenvalue weighted by Crippen LogP contribution is -2.12. The summed E-state index contributed by atoms with van der Waals surface area (Å²) in [6.07, 6.45) is 3.26. The molecule has 0 aliphatic rings. The molecule has 152 valence electrons. The van der Waals surface area contributed by atoms with Crippen LogP contribution in [0, 0.1) is 5.82 Å². The number of aromatic nitrogens is 3. The van der Waals surface area contributed by atoms with E-state index in [1.54, 1.807) is 29.2 Å². The Kier molecular flexibility index (Phi) is 4.76. The third-order valence-electron chi connectivity index (χ3n) is 4.94. The zero-order valence-corrected chi connectivity index (χ0v) is 16.3. The molecule has 0 fully saturated rings. The molecule has 0 radical (unpaired) electrons. The molecule has 0 saturated carbocycles. The van der Waals surface area contributed by atoms with Crippen molar-refractivity contribution in [3.8, 4) is 11.1 Å². The number of hydrogen-bond acceptors (Lipinski definition) is 4. The van der Waals surface area contributed by atoms with Gasteiger partial charge in [-0.15, -0.1) is 0 Å². The summed E-state index contributed by atoms with van der Waals surface area (Å²) in [6.45, 7) is 0.462. The monoisotopic (exact) mass is 412 g/mol. The highest BCUT2D eigenvalue weighted by molar-refractivity contribution is 6.11. The van der Waals surface area contributed by atoms with E-state index >= 15 is 0 Å². The number of nitrogens with one attached hydrogen (secondary N) is 1. The smallest absolute Gasteiger partial charge is 0.278 e. The fourth-order valence-corrected chi connectivity index (χ4v) is 3.39. The van der Waals surface area contributed by atoms with Gasteiger partial charge in [-0.05, 0) is 41.0 Å². The summed E-state index contributed by atoms with van der Waals surface area (Å²) in [5.74, 6) is -0.669. The Bertz CT molecular complexity index is 1360. The molecule has 1 amide bonds. The summed E-state index contributed by atoms with van der Waals surface area (Å²) in [6, 6.07) is 21.7. The van der Waals surface area contributed by atoms with E-state index in [0.29, 0.717) is 23.2 Å². The Labute approximate surface area is 176 Å². The fourth-order valence-electron chi connectivity index (χ4n) is 3.39. The van der Waals surface area contributed by atoms with Crippen LogP contribution in [0.25, 0.3) is 22.1 Å². The quantitative estimate of drug-likeness (QED) is 0.434. The van der Waals surface area contributed by atoms with Gasteiger partial charge in [0.25, 0.3) is 5.91 Å². The van der Waals surface area contributed by atoms with Crippen molar-refractivity contribution in [2.75, 3.05) is 5.32 Å². The topological polar surface area (TPSA) is 73.0 Å². The Morgan fingerprint density at radius 3 is 2.61 bits per heavy atom. The van der Waals surface area contributed by atoms with Gasteiger partial charge >= 0.3 is 0 Å². The molecule has 0 saturated heterocycles. The van der Waals surface area contributed by atoms with Gasteiger partial charge in [0, 0.05) is 6.20 Å².